The predicted octanol–water partition coefficient (Wildman–Crippen LogP) is -5.67. The van der Waals surface area contributed by atoms with Crippen LogP contribution in [0.15, 0.2) is 0 Å². The van der Waals surface area contributed by atoms with Crippen LogP contribution in [0, 0.1) is 82.8 Å². The van der Waals surface area contributed by atoms with Crippen LogP contribution in [0.2, 0.25) is 0 Å². The molecule has 19 heteroatoms. The first-order valence-electron chi connectivity index (χ1n) is 1.64. The summed E-state index contributed by atoms with van der Waals surface area (Å²) in [5.74, 6) is 0. The summed E-state index contributed by atoms with van der Waals surface area (Å²) in [6.07, 6.45) is 0. The summed E-state index contributed by atoms with van der Waals surface area (Å²) < 4.78 is 0. The Morgan fingerprint density at radius 2 is 0.421 bits per heavy atom. The Bertz CT molecular complexity index is 115. The summed E-state index contributed by atoms with van der Waals surface area (Å²) in [4.78, 5) is 24.8. The van der Waals surface area contributed by atoms with Crippen LogP contribution in [-0.4, -0.2) is 48.1 Å². The van der Waals surface area contributed by atoms with E-state index in [0.29, 0.717) is 0 Å². The zero-order valence-corrected chi connectivity index (χ0v) is 10.1. The van der Waals surface area contributed by atoms with E-state index < -0.39 is 15.3 Å². The van der Waals surface area contributed by atoms with Crippen molar-refractivity contribution in [3.63, 3.8) is 0 Å². The fourth-order valence-corrected chi connectivity index (χ4v) is 0. The summed E-state index contributed by atoms with van der Waals surface area (Å²) in [6, 6.07) is 0. The first-order chi connectivity index (χ1) is 5.20. The average Bonchev–Trinajstić information content (AvgIpc) is 1.54. The largest absolute Gasteiger partial charge is 3.00 e. The number of nitrogens with zero attached hydrogens (tertiary/aromatic N) is 3. The molecule has 0 rings (SSSR count). The van der Waals surface area contributed by atoms with Crippen LogP contribution >= 0.6 is 0 Å². The van der Waals surface area contributed by atoms with Crippen LogP contribution < -0.4 is 0 Å². The van der Waals surface area contributed by atoms with Crippen molar-refractivity contribution >= 4 is 0 Å². The zero-order chi connectivity index (χ0) is 10.7. The van der Waals surface area contributed by atoms with E-state index >= 15 is 0 Å². The average molecular weight is 463 g/mol. The van der Waals surface area contributed by atoms with E-state index in [0.717, 1.165) is 0 Å². The third-order valence-corrected chi connectivity index (χ3v) is 0. The molecule has 0 aliphatic carbocycles. The third kappa shape index (κ3) is 1790. The molecule has 0 fully saturated rings. The summed E-state index contributed by atoms with van der Waals surface area (Å²) in [5.41, 5.74) is 0. The monoisotopic (exact) mass is 463 g/mol. The van der Waals surface area contributed by atoms with E-state index in [2.05, 4.69) is 0 Å². The van der Waals surface area contributed by atoms with Crippen LogP contribution in [0.25, 0.3) is 0 Å². The van der Waals surface area contributed by atoms with Gasteiger partial charge in [-0.2, -0.15) is 0 Å². The van der Waals surface area contributed by atoms with Crippen molar-refractivity contribution in [2.24, 2.45) is 0 Å². The molecular formula is H12N3O15Tm. The van der Waals surface area contributed by atoms with Crippen LogP contribution in [0.3, 0.4) is 0 Å². The maximum absolute atomic E-state index is 8.25. The van der Waals surface area contributed by atoms with Gasteiger partial charge in [-0.3, -0.25) is 0 Å². The molecule has 0 radical (unpaired) electrons. The van der Waals surface area contributed by atoms with E-state index in [1.807, 2.05) is 0 Å². The SMILES string of the molecule is O.O.O.O.O.O.O=[N+]([O-])[O-].O=[N+]([O-])[O-].O=[N+]([O-])[O-].[Tm+3]. The summed E-state index contributed by atoms with van der Waals surface area (Å²) >= 11 is 0. The maximum atomic E-state index is 8.25. The second kappa shape index (κ2) is 70.0. The Labute approximate surface area is 131 Å². The van der Waals surface area contributed by atoms with Gasteiger partial charge in [0.25, 0.3) is 0 Å². The van der Waals surface area contributed by atoms with Gasteiger partial charge in [0.15, 0.2) is 0 Å². The van der Waals surface area contributed by atoms with Gasteiger partial charge in [-0.05, 0) is 0 Å². The quantitative estimate of drug-likeness (QED) is 0.243. The van der Waals surface area contributed by atoms with Gasteiger partial charge in [-0.1, -0.05) is 0 Å². The molecule has 0 aliphatic heterocycles. The predicted molar refractivity (Wildman–Crippen MR) is 52.8 cm³/mol. The second-order valence-electron chi connectivity index (χ2n) is 0.671. The molecule has 0 atom stereocenters. The molecule has 0 aromatic heterocycles. The van der Waals surface area contributed by atoms with Crippen molar-refractivity contribution in [3.05, 3.63) is 46.0 Å². The number of hydrogen-bond donors (Lipinski definition) is 0. The zero-order valence-electron chi connectivity index (χ0n) is 8.29. The van der Waals surface area contributed by atoms with Gasteiger partial charge < -0.3 is 78.8 Å². The molecule has 130 valence electrons. The van der Waals surface area contributed by atoms with Crippen LogP contribution in [0.1, 0.15) is 0 Å². The van der Waals surface area contributed by atoms with Crippen molar-refractivity contribution < 1.29 is 85.0 Å². The van der Waals surface area contributed by atoms with Crippen molar-refractivity contribution in [1.82, 2.24) is 0 Å². The fourth-order valence-electron chi connectivity index (χ4n) is 0. The Morgan fingerprint density at radius 1 is 0.421 bits per heavy atom. The number of hydrogen-bond acceptors (Lipinski definition) is 9. The maximum Gasteiger partial charge on any atom is 3.00 e. The Morgan fingerprint density at radius 3 is 0.421 bits per heavy atom. The van der Waals surface area contributed by atoms with E-state index in [1.54, 1.807) is 0 Å². The van der Waals surface area contributed by atoms with Gasteiger partial charge in [0.1, 0.15) is 0 Å². The molecule has 0 bridgehead atoms. The Balaban J connectivity index is -0.00000000675. The third-order valence-electron chi connectivity index (χ3n) is 0. The first kappa shape index (κ1) is 84.0. The van der Waals surface area contributed by atoms with E-state index in [1.165, 1.54) is 0 Å². The van der Waals surface area contributed by atoms with Crippen molar-refractivity contribution in [2.45, 2.75) is 0 Å². The molecule has 0 heterocycles. The van der Waals surface area contributed by atoms with Crippen molar-refractivity contribution in [3.8, 4) is 0 Å². The smallest absolute Gasteiger partial charge is 0.412 e. The van der Waals surface area contributed by atoms with Gasteiger partial charge >= 0.3 is 36.9 Å². The molecule has 0 aromatic rings. The van der Waals surface area contributed by atoms with E-state index in [9.17, 15) is 0 Å². The molecule has 18 nitrogen and oxygen atoms in total. The minimum Gasteiger partial charge on any atom is -0.412 e. The molecule has 0 amide bonds. The summed E-state index contributed by atoms with van der Waals surface area (Å²) in [5, 5.41) is 44.2. The molecule has 0 saturated heterocycles. The van der Waals surface area contributed by atoms with Gasteiger partial charge in [-0.15, -0.1) is 0 Å². The van der Waals surface area contributed by atoms with Crippen LogP contribution in [0.4, 0.5) is 0 Å². The van der Waals surface area contributed by atoms with Gasteiger partial charge in [0.2, 0.25) is 0 Å². The molecular weight excluding hydrogens is 451 g/mol. The molecule has 0 unspecified atom stereocenters. The van der Waals surface area contributed by atoms with E-state index in [-0.39, 0.29) is 69.7 Å². The minimum atomic E-state index is -1.75. The first-order valence-corrected chi connectivity index (χ1v) is 1.64. The van der Waals surface area contributed by atoms with Gasteiger partial charge in [0.05, 0.1) is 15.3 Å². The number of rotatable bonds is 0. The van der Waals surface area contributed by atoms with Gasteiger partial charge in [-0.25, -0.2) is 0 Å². The molecule has 0 spiro atoms. The van der Waals surface area contributed by atoms with Crippen LogP contribution in [-0.2, 0) is 0 Å². The fraction of sp³-hybridized carbons (Fsp3) is 0. The second-order valence-corrected chi connectivity index (χ2v) is 0.671. The molecule has 0 aromatic carbocycles. The van der Waals surface area contributed by atoms with Crippen molar-refractivity contribution in [2.75, 3.05) is 0 Å². The van der Waals surface area contributed by atoms with E-state index in [4.69, 9.17) is 46.0 Å². The molecule has 0 aliphatic rings. The summed E-state index contributed by atoms with van der Waals surface area (Å²) in [6.45, 7) is 0. The summed E-state index contributed by atoms with van der Waals surface area (Å²) in [7, 11) is 0. The van der Waals surface area contributed by atoms with Gasteiger partial charge in [0, 0.05) is 0 Å². The van der Waals surface area contributed by atoms with Crippen LogP contribution in [0.5, 0.6) is 0 Å². The Hall–Kier alpha value is -1.41. The Kier molecular flexibility index (Phi) is 309. The topological polar surface area (TPSA) is 388 Å². The van der Waals surface area contributed by atoms with Crippen molar-refractivity contribution in [1.29, 1.82) is 0 Å². The standard InChI is InChI=1S/3NO3.6H2O.Tm/c3*2-1(3)4;;;;;;;/h;;;6*1H2;/q3*-1;;;;;;;+3. The molecule has 0 saturated carbocycles. The normalized spacial score (nSPS) is 3.79. The minimum absolute atomic E-state index is 0. The molecule has 19 heavy (non-hydrogen) atoms. The molecule has 12 N–H and O–H groups in total.